The Bertz CT molecular complexity index is 986. The second kappa shape index (κ2) is 9.43. The molecule has 0 saturated heterocycles. The Morgan fingerprint density at radius 1 is 1.10 bits per heavy atom. The molecule has 2 aromatic carbocycles. The normalized spacial score (nSPS) is 10.5. The number of nitrogens with zero attached hydrogens (tertiary/aromatic N) is 2. The van der Waals surface area contributed by atoms with Crippen molar-refractivity contribution in [3.05, 3.63) is 71.4 Å². The van der Waals surface area contributed by atoms with Gasteiger partial charge in [0, 0.05) is 41.8 Å². The van der Waals surface area contributed by atoms with Crippen molar-refractivity contribution in [2.24, 2.45) is 0 Å². The van der Waals surface area contributed by atoms with Gasteiger partial charge < -0.3 is 15.0 Å². The van der Waals surface area contributed by atoms with Crippen molar-refractivity contribution >= 4 is 28.9 Å². The largest absolute Gasteiger partial charge is 0.496 e. The molecular formula is C23H24ClN3O2. The zero-order chi connectivity index (χ0) is 20.8. The molecule has 0 bridgehead atoms. The lowest BCUT2D eigenvalue weighted by atomic mass is 10.1. The smallest absolute Gasteiger partial charge is 0.255 e. The van der Waals surface area contributed by atoms with Crippen molar-refractivity contribution < 1.29 is 9.53 Å². The van der Waals surface area contributed by atoms with Crippen molar-refractivity contribution in [3.8, 4) is 17.0 Å². The maximum atomic E-state index is 12.7. The molecule has 0 aliphatic heterocycles. The van der Waals surface area contributed by atoms with Crippen LogP contribution in [0.15, 0.2) is 60.8 Å². The lowest BCUT2D eigenvalue weighted by Gasteiger charge is -2.21. The van der Waals surface area contributed by atoms with Crippen LogP contribution in [0.5, 0.6) is 5.75 Å². The Morgan fingerprint density at radius 3 is 2.45 bits per heavy atom. The molecule has 0 radical (unpaired) electrons. The minimum absolute atomic E-state index is 0.211. The molecule has 0 atom stereocenters. The Labute approximate surface area is 176 Å². The van der Waals surface area contributed by atoms with Gasteiger partial charge in [0.15, 0.2) is 0 Å². The average molecular weight is 410 g/mol. The molecule has 5 nitrogen and oxygen atoms in total. The van der Waals surface area contributed by atoms with Gasteiger partial charge in [-0.1, -0.05) is 11.6 Å². The van der Waals surface area contributed by atoms with Crippen molar-refractivity contribution in [1.29, 1.82) is 0 Å². The third kappa shape index (κ3) is 4.69. The van der Waals surface area contributed by atoms with E-state index in [-0.39, 0.29) is 5.91 Å². The number of pyridine rings is 1. The first-order chi connectivity index (χ1) is 14.1. The van der Waals surface area contributed by atoms with Crippen LogP contribution in [0.4, 0.5) is 11.4 Å². The SMILES string of the molecule is CCN(CC)c1ccc(NC(=O)c2ccc(-c3ncccc3Cl)c(OC)c2)cc1. The molecule has 1 amide bonds. The van der Waals surface area contributed by atoms with E-state index >= 15 is 0 Å². The minimum atomic E-state index is -0.211. The van der Waals surface area contributed by atoms with Gasteiger partial charge in [-0.15, -0.1) is 0 Å². The summed E-state index contributed by atoms with van der Waals surface area (Å²) in [5.41, 5.74) is 3.71. The van der Waals surface area contributed by atoms with E-state index in [4.69, 9.17) is 16.3 Å². The summed E-state index contributed by atoms with van der Waals surface area (Å²) in [6.07, 6.45) is 1.67. The van der Waals surface area contributed by atoms with E-state index in [1.54, 1.807) is 43.6 Å². The molecule has 0 saturated carbocycles. The number of benzene rings is 2. The maximum Gasteiger partial charge on any atom is 0.255 e. The number of carbonyl (C=O) groups is 1. The van der Waals surface area contributed by atoms with E-state index in [9.17, 15) is 4.79 Å². The summed E-state index contributed by atoms with van der Waals surface area (Å²) in [6.45, 7) is 6.12. The predicted octanol–water partition coefficient (Wildman–Crippen LogP) is 5.51. The van der Waals surface area contributed by atoms with Gasteiger partial charge in [0.2, 0.25) is 0 Å². The van der Waals surface area contributed by atoms with E-state index < -0.39 is 0 Å². The highest BCUT2D eigenvalue weighted by Gasteiger charge is 2.15. The average Bonchev–Trinajstić information content (AvgIpc) is 2.75. The number of nitrogens with one attached hydrogen (secondary N) is 1. The second-order valence-electron chi connectivity index (χ2n) is 6.42. The Hall–Kier alpha value is -3.05. The summed E-state index contributed by atoms with van der Waals surface area (Å²) in [7, 11) is 1.56. The molecule has 1 N–H and O–H groups in total. The van der Waals surface area contributed by atoms with Crippen LogP contribution in [0.2, 0.25) is 5.02 Å². The number of amides is 1. The highest BCUT2D eigenvalue weighted by Crippen LogP contribution is 2.33. The Kier molecular flexibility index (Phi) is 6.73. The zero-order valence-corrected chi connectivity index (χ0v) is 17.5. The van der Waals surface area contributed by atoms with Crippen molar-refractivity contribution in [2.45, 2.75) is 13.8 Å². The van der Waals surface area contributed by atoms with Crippen LogP contribution in [0.3, 0.4) is 0 Å². The van der Waals surface area contributed by atoms with Crippen LogP contribution >= 0.6 is 11.6 Å². The number of methoxy groups -OCH3 is 1. The van der Waals surface area contributed by atoms with Gasteiger partial charge in [-0.05, 0) is 68.4 Å². The molecule has 1 heterocycles. The van der Waals surface area contributed by atoms with Crippen LogP contribution < -0.4 is 15.0 Å². The highest BCUT2D eigenvalue weighted by atomic mass is 35.5. The van der Waals surface area contributed by atoms with Gasteiger partial charge in [-0.2, -0.15) is 0 Å². The summed E-state index contributed by atoms with van der Waals surface area (Å²) in [4.78, 5) is 19.3. The van der Waals surface area contributed by atoms with Crippen LogP contribution in [0.25, 0.3) is 11.3 Å². The minimum Gasteiger partial charge on any atom is -0.496 e. The van der Waals surface area contributed by atoms with E-state index in [0.717, 1.165) is 30.0 Å². The summed E-state index contributed by atoms with van der Waals surface area (Å²) >= 11 is 6.25. The molecule has 0 aliphatic carbocycles. The highest BCUT2D eigenvalue weighted by molar-refractivity contribution is 6.33. The number of aromatic nitrogens is 1. The fourth-order valence-electron chi connectivity index (χ4n) is 3.16. The number of rotatable bonds is 7. The first kappa shape index (κ1) is 20.7. The first-order valence-electron chi connectivity index (χ1n) is 9.52. The number of ether oxygens (including phenoxy) is 1. The fraction of sp³-hybridized carbons (Fsp3) is 0.217. The van der Waals surface area contributed by atoms with Gasteiger partial charge >= 0.3 is 0 Å². The summed E-state index contributed by atoms with van der Waals surface area (Å²) < 4.78 is 5.48. The van der Waals surface area contributed by atoms with Gasteiger partial charge in [-0.25, -0.2) is 0 Å². The van der Waals surface area contributed by atoms with Crippen molar-refractivity contribution in [3.63, 3.8) is 0 Å². The Balaban J connectivity index is 1.80. The second-order valence-corrected chi connectivity index (χ2v) is 6.83. The van der Waals surface area contributed by atoms with Gasteiger partial charge in [0.1, 0.15) is 5.75 Å². The molecular weight excluding hydrogens is 386 g/mol. The van der Waals surface area contributed by atoms with E-state index in [1.807, 2.05) is 24.3 Å². The fourth-order valence-corrected chi connectivity index (χ4v) is 3.38. The molecule has 29 heavy (non-hydrogen) atoms. The number of carbonyl (C=O) groups excluding carboxylic acids is 1. The molecule has 150 valence electrons. The van der Waals surface area contributed by atoms with Crippen LogP contribution in [-0.4, -0.2) is 31.1 Å². The molecule has 3 aromatic rings. The first-order valence-corrected chi connectivity index (χ1v) is 9.90. The van der Waals surface area contributed by atoms with Crippen LogP contribution in [-0.2, 0) is 0 Å². The molecule has 0 fully saturated rings. The Morgan fingerprint density at radius 2 is 1.83 bits per heavy atom. The molecule has 3 rings (SSSR count). The quantitative estimate of drug-likeness (QED) is 0.559. The van der Waals surface area contributed by atoms with Crippen molar-refractivity contribution in [1.82, 2.24) is 4.98 Å². The molecule has 6 heteroatoms. The topological polar surface area (TPSA) is 54.5 Å². The standard InChI is InChI=1S/C23H24ClN3O2/c1-4-27(5-2)18-11-9-17(10-12-18)26-23(28)16-8-13-19(21(15-16)29-3)22-20(24)7-6-14-25-22/h6-15H,4-5H2,1-3H3,(H,26,28). The van der Waals surface area contributed by atoms with Crippen LogP contribution in [0, 0.1) is 0 Å². The third-order valence-electron chi connectivity index (χ3n) is 4.73. The predicted molar refractivity (Wildman–Crippen MR) is 119 cm³/mol. The summed E-state index contributed by atoms with van der Waals surface area (Å²) in [5.74, 6) is 0.327. The summed E-state index contributed by atoms with van der Waals surface area (Å²) in [5, 5.41) is 3.45. The summed E-state index contributed by atoms with van der Waals surface area (Å²) in [6, 6.07) is 16.6. The van der Waals surface area contributed by atoms with E-state index in [2.05, 4.69) is 29.0 Å². The number of hydrogen-bond acceptors (Lipinski definition) is 4. The lowest BCUT2D eigenvalue weighted by Crippen LogP contribution is -2.21. The number of hydrogen-bond donors (Lipinski definition) is 1. The number of anilines is 2. The van der Waals surface area contributed by atoms with E-state index in [1.165, 1.54) is 0 Å². The lowest BCUT2D eigenvalue weighted by molar-refractivity contribution is 0.102. The third-order valence-corrected chi connectivity index (χ3v) is 5.04. The van der Waals surface area contributed by atoms with Crippen molar-refractivity contribution in [2.75, 3.05) is 30.4 Å². The molecule has 0 aliphatic rings. The van der Waals surface area contributed by atoms with Crippen LogP contribution in [0.1, 0.15) is 24.2 Å². The number of halogens is 1. The van der Waals surface area contributed by atoms with E-state index in [0.29, 0.717) is 22.0 Å². The molecule has 0 unspecified atom stereocenters. The van der Waals surface area contributed by atoms with Gasteiger partial charge in [0.25, 0.3) is 5.91 Å². The monoisotopic (exact) mass is 409 g/mol. The molecule has 1 aromatic heterocycles. The van der Waals surface area contributed by atoms with Gasteiger partial charge in [0.05, 0.1) is 17.8 Å². The zero-order valence-electron chi connectivity index (χ0n) is 16.8. The maximum absolute atomic E-state index is 12.7. The van der Waals surface area contributed by atoms with Gasteiger partial charge in [-0.3, -0.25) is 9.78 Å². The molecule has 0 spiro atoms.